The lowest BCUT2D eigenvalue weighted by molar-refractivity contribution is 0.940. The topological polar surface area (TPSA) is 41.6 Å². The summed E-state index contributed by atoms with van der Waals surface area (Å²) in [5, 5.41) is 9.33. The molecule has 0 aliphatic carbocycles. The standard InChI is InChI=1S/C2H3N3.C2H6.HI/c1-2-4-5-3-1;1-2;/h1-2H,(H,3,4,5);1-2H3;1H. The first-order valence-electron chi connectivity index (χ1n) is 2.30. The second-order valence-electron chi connectivity index (χ2n) is 0.656. The minimum absolute atomic E-state index is 0. The highest BCUT2D eigenvalue weighted by molar-refractivity contribution is 14.0. The molecule has 1 N–H and O–H groups in total. The molecule has 1 heterocycles. The van der Waals surface area contributed by atoms with Crippen molar-refractivity contribution in [3.63, 3.8) is 0 Å². The Bertz CT molecular complexity index is 67.8. The van der Waals surface area contributed by atoms with Crippen molar-refractivity contribution in [2.24, 2.45) is 0 Å². The van der Waals surface area contributed by atoms with Crippen LogP contribution in [0.3, 0.4) is 0 Å². The van der Waals surface area contributed by atoms with Crippen molar-refractivity contribution in [3.05, 3.63) is 12.4 Å². The summed E-state index contributed by atoms with van der Waals surface area (Å²) >= 11 is 0. The second-order valence-corrected chi connectivity index (χ2v) is 0.656. The minimum Gasteiger partial charge on any atom is -0.198 e. The summed E-state index contributed by atoms with van der Waals surface area (Å²) in [5.41, 5.74) is 0. The molecule has 1 rings (SSSR count). The number of halogens is 1. The van der Waals surface area contributed by atoms with Gasteiger partial charge in [-0.1, -0.05) is 13.8 Å². The third kappa shape index (κ3) is 5.87. The van der Waals surface area contributed by atoms with E-state index in [1.165, 1.54) is 0 Å². The summed E-state index contributed by atoms with van der Waals surface area (Å²) in [6, 6.07) is 0. The van der Waals surface area contributed by atoms with Gasteiger partial charge in [0.25, 0.3) is 0 Å². The molecule has 0 aliphatic heterocycles. The predicted octanol–water partition coefficient (Wildman–Crippen LogP) is 1.45. The van der Waals surface area contributed by atoms with Gasteiger partial charge in [-0.05, 0) is 0 Å². The molecule has 0 saturated carbocycles. The van der Waals surface area contributed by atoms with Crippen LogP contribution < -0.4 is 0 Å². The van der Waals surface area contributed by atoms with E-state index < -0.39 is 0 Å². The van der Waals surface area contributed by atoms with E-state index in [1.54, 1.807) is 12.4 Å². The molecule has 0 aliphatic rings. The zero-order chi connectivity index (χ0) is 5.54. The monoisotopic (exact) mass is 227 g/mol. The van der Waals surface area contributed by atoms with Crippen molar-refractivity contribution in [2.75, 3.05) is 0 Å². The van der Waals surface area contributed by atoms with Crippen LogP contribution in [0, 0.1) is 0 Å². The molecule has 0 bridgehead atoms. The van der Waals surface area contributed by atoms with E-state index in [0.717, 1.165) is 0 Å². The summed E-state index contributed by atoms with van der Waals surface area (Å²) < 4.78 is 0. The van der Waals surface area contributed by atoms with Crippen LogP contribution in [0.15, 0.2) is 12.4 Å². The lowest BCUT2D eigenvalue weighted by atomic mass is 11.0. The molecule has 0 atom stereocenters. The molecule has 1 aromatic rings. The van der Waals surface area contributed by atoms with Gasteiger partial charge >= 0.3 is 0 Å². The zero-order valence-corrected chi connectivity index (χ0v) is 7.29. The molecule has 0 amide bonds. The minimum atomic E-state index is 0. The lowest BCUT2D eigenvalue weighted by Gasteiger charge is -1.48. The maximum Gasteiger partial charge on any atom is 0.0690 e. The fourth-order valence-electron chi connectivity index (χ4n) is 0.167. The van der Waals surface area contributed by atoms with Gasteiger partial charge in [0.05, 0.1) is 12.4 Å². The van der Waals surface area contributed by atoms with Gasteiger partial charge in [0.15, 0.2) is 0 Å². The molecule has 0 spiro atoms. The van der Waals surface area contributed by atoms with Gasteiger partial charge < -0.3 is 0 Å². The number of hydrogen-bond acceptors (Lipinski definition) is 2. The van der Waals surface area contributed by atoms with Gasteiger partial charge in [-0.3, -0.25) is 0 Å². The molecule has 1 aromatic heterocycles. The van der Waals surface area contributed by atoms with Crippen LogP contribution in [0.2, 0.25) is 0 Å². The third-order valence-electron chi connectivity index (χ3n) is 0.331. The van der Waals surface area contributed by atoms with Crippen LogP contribution >= 0.6 is 24.0 Å². The highest BCUT2D eigenvalue weighted by Crippen LogP contribution is 1.55. The summed E-state index contributed by atoms with van der Waals surface area (Å²) in [6.07, 6.45) is 3.17. The Kier molecular flexibility index (Phi) is 13.4. The normalized spacial score (nSPS) is 5.75. The number of nitrogens with one attached hydrogen (secondary N) is 1. The maximum absolute atomic E-state index is 3.49. The Labute approximate surface area is 65.9 Å². The SMILES string of the molecule is CC.I.c1cn[nH]n1. The van der Waals surface area contributed by atoms with E-state index in [9.17, 15) is 0 Å². The number of nitrogens with zero attached hydrogens (tertiary/aromatic N) is 2. The first kappa shape index (κ1) is 10.8. The van der Waals surface area contributed by atoms with Crippen molar-refractivity contribution in [1.82, 2.24) is 15.4 Å². The molecule has 4 heteroatoms. The smallest absolute Gasteiger partial charge is 0.0690 e. The van der Waals surface area contributed by atoms with Gasteiger partial charge in [-0.2, -0.15) is 15.4 Å². The van der Waals surface area contributed by atoms with Crippen LogP contribution in [0.5, 0.6) is 0 Å². The largest absolute Gasteiger partial charge is 0.198 e. The van der Waals surface area contributed by atoms with E-state index in [0.29, 0.717) is 0 Å². The van der Waals surface area contributed by atoms with Crippen molar-refractivity contribution in [2.45, 2.75) is 13.8 Å². The highest BCUT2D eigenvalue weighted by atomic mass is 127. The zero-order valence-electron chi connectivity index (χ0n) is 4.96. The van der Waals surface area contributed by atoms with Gasteiger partial charge in [0, 0.05) is 0 Å². The van der Waals surface area contributed by atoms with Crippen LogP contribution in [-0.2, 0) is 0 Å². The Morgan fingerprint density at radius 3 is 1.62 bits per heavy atom. The molecule has 0 radical (unpaired) electrons. The first-order chi connectivity index (χ1) is 3.50. The average Bonchev–Trinajstić information content (AvgIpc) is 2.23. The third-order valence-corrected chi connectivity index (χ3v) is 0.331. The van der Waals surface area contributed by atoms with Gasteiger partial charge in [0.2, 0.25) is 0 Å². The molecule has 0 fully saturated rings. The number of H-pyrrole nitrogens is 1. The quantitative estimate of drug-likeness (QED) is 0.681. The van der Waals surface area contributed by atoms with Crippen molar-refractivity contribution < 1.29 is 0 Å². The van der Waals surface area contributed by atoms with E-state index in [2.05, 4.69) is 15.4 Å². The van der Waals surface area contributed by atoms with Gasteiger partial charge in [-0.25, -0.2) is 0 Å². The van der Waals surface area contributed by atoms with Crippen LogP contribution in [0.1, 0.15) is 13.8 Å². The molecule has 0 aromatic carbocycles. The van der Waals surface area contributed by atoms with E-state index >= 15 is 0 Å². The van der Waals surface area contributed by atoms with Gasteiger partial charge in [-0.15, -0.1) is 24.0 Å². The maximum atomic E-state index is 3.49. The number of hydrogen-bond donors (Lipinski definition) is 1. The molecule has 0 unspecified atom stereocenters. The average molecular weight is 227 g/mol. The van der Waals surface area contributed by atoms with Crippen LogP contribution in [-0.4, -0.2) is 15.4 Å². The second kappa shape index (κ2) is 9.98. The predicted molar refractivity (Wildman–Crippen MR) is 43.1 cm³/mol. The summed E-state index contributed by atoms with van der Waals surface area (Å²) in [5.74, 6) is 0. The molecule has 0 saturated heterocycles. The number of aromatic nitrogens is 3. The summed E-state index contributed by atoms with van der Waals surface area (Å²) in [6.45, 7) is 4.00. The van der Waals surface area contributed by atoms with Crippen molar-refractivity contribution >= 4 is 24.0 Å². The molecule has 8 heavy (non-hydrogen) atoms. The summed E-state index contributed by atoms with van der Waals surface area (Å²) in [7, 11) is 0. The molecular formula is C4H10IN3. The Morgan fingerprint density at radius 1 is 1.12 bits per heavy atom. The number of rotatable bonds is 0. The van der Waals surface area contributed by atoms with Crippen LogP contribution in [0.25, 0.3) is 0 Å². The molecular weight excluding hydrogens is 217 g/mol. The van der Waals surface area contributed by atoms with E-state index in [-0.39, 0.29) is 24.0 Å². The summed E-state index contributed by atoms with van der Waals surface area (Å²) in [4.78, 5) is 0. The van der Waals surface area contributed by atoms with Crippen molar-refractivity contribution in [3.8, 4) is 0 Å². The Balaban J connectivity index is 0. The number of aromatic amines is 1. The fourth-order valence-corrected chi connectivity index (χ4v) is 0.167. The Hall–Kier alpha value is -0.130. The first-order valence-corrected chi connectivity index (χ1v) is 2.30. The van der Waals surface area contributed by atoms with Crippen LogP contribution in [0.4, 0.5) is 0 Å². The Morgan fingerprint density at radius 2 is 1.50 bits per heavy atom. The van der Waals surface area contributed by atoms with Gasteiger partial charge in [0.1, 0.15) is 0 Å². The van der Waals surface area contributed by atoms with Crippen molar-refractivity contribution in [1.29, 1.82) is 0 Å². The van der Waals surface area contributed by atoms with E-state index in [4.69, 9.17) is 0 Å². The highest BCUT2D eigenvalue weighted by Gasteiger charge is 1.57. The molecule has 48 valence electrons. The molecule has 3 nitrogen and oxygen atoms in total. The fraction of sp³-hybridized carbons (Fsp3) is 0.500. The van der Waals surface area contributed by atoms with E-state index in [1.807, 2.05) is 13.8 Å². The lowest BCUT2D eigenvalue weighted by Crippen LogP contribution is -1.61.